The second-order valence-electron chi connectivity index (χ2n) is 15.3. The van der Waals surface area contributed by atoms with Crippen molar-refractivity contribution in [3.63, 3.8) is 0 Å². The second-order valence-corrected chi connectivity index (χ2v) is 15.3. The Kier molecular flexibility index (Phi) is 14.2. The predicted molar refractivity (Wildman–Crippen MR) is 178 cm³/mol. The summed E-state index contributed by atoms with van der Waals surface area (Å²) in [4.78, 5) is 35.0. The third-order valence-corrected chi connectivity index (χ3v) is 8.73. The number of β-amino-alcohol motifs (C(OH)–C–C–N with tert-alkyl or cyclic N) is 1. The molecule has 0 aromatic heterocycles. The van der Waals surface area contributed by atoms with Gasteiger partial charge >= 0.3 is 12.2 Å². The fourth-order valence-corrected chi connectivity index (χ4v) is 5.45. The van der Waals surface area contributed by atoms with Crippen LogP contribution in [-0.4, -0.2) is 119 Å². The summed E-state index contributed by atoms with van der Waals surface area (Å²) in [6.07, 6.45) is 5.22. The summed E-state index contributed by atoms with van der Waals surface area (Å²) >= 11 is 0. The summed E-state index contributed by atoms with van der Waals surface area (Å²) in [5.74, 6) is 0.646. The maximum absolute atomic E-state index is 12.2. The maximum Gasteiger partial charge on any atom is 0.410 e. The van der Waals surface area contributed by atoms with E-state index in [4.69, 9.17) is 31.0 Å². The quantitative estimate of drug-likeness (QED) is 0.135. The Hall–Kier alpha value is -3.00. The third-order valence-electron chi connectivity index (χ3n) is 8.73. The van der Waals surface area contributed by atoms with Crippen LogP contribution in [0.5, 0.6) is 0 Å². The highest BCUT2D eigenvalue weighted by Gasteiger charge is 2.38. The number of rotatable bonds is 7. The Morgan fingerprint density at radius 1 is 0.761 bits per heavy atom. The van der Waals surface area contributed by atoms with Crippen molar-refractivity contribution in [2.24, 2.45) is 32.6 Å². The minimum absolute atomic E-state index is 0.136. The molecule has 1 atom stereocenters. The van der Waals surface area contributed by atoms with Gasteiger partial charge in [-0.15, -0.1) is 0 Å². The number of amides is 2. The molecular formula is C32H61N7O7. The van der Waals surface area contributed by atoms with Crippen molar-refractivity contribution in [1.82, 2.24) is 14.7 Å². The number of nitrogens with zero attached hydrogens (tertiary/aromatic N) is 5. The van der Waals surface area contributed by atoms with Gasteiger partial charge in [-0.1, -0.05) is 30.6 Å². The van der Waals surface area contributed by atoms with Gasteiger partial charge in [0.05, 0.1) is 0 Å². The number of oxime groups is 2. The van der Waals surface area contributed by atoms with Gasteiger partial charge in [0.2, 0.25) is 0 Å². The molecule has 3 rings (SSSR count). The molecule has 1 unspecified atom stereocenters. The highest BCUT2D eigenvalue weighted by atomic mass is 16.6. The predicted octanol–water partition coefficient (Wildman–Crippen LogP) is 3.93. The molecule has 0 saturated carbocycles. The molecule has 3 saturated heterocycles. The number of likely N-dealkylation sites (tertiary alicyclic amines) is 3. The van der Waals surface area contributed by atoms with Crippen molar-refractivity contribution < 1.29 is 34.2 Å². The van der Waals surface area contributed by atoms with Crippen LogP contribution >= 0.6 is 0 Å². The average molecular weight is 656 g/mol. The fourth-order valence-electron chi connectivity index (χ4n) is 5.45. The van der Waals surface area contributed by atoms with Crippen LogP contribution in [0, 0.1) is 10.8 Å². The lowest BCUT2D eigenvalue weighted by atomic mass is 9.79. The van der Waals surface area contributed by atoms with Gasteiger partial charge in [0, 0.05) is 43.6 Å². The molecule has 0 aromatic rings. The zero-order valence-corrected chi connectivity index (χ0v) is 29.5. The standard InChI is InChI=1S/C20H38N4O4.C12H23N3O3/c1-19(2,3)28-18(26)24-12-8-20(4,9-13-24)17(21)22-27-15-16(25)14-23-10-6-5-7-11-23;1-11(2,3)18-10(16)15-7-5-12(4,6-8-15)9(13)14-17/h16,25H,5-15H2,1-4H3,(H2,21,22);17H,5-8H2,1-4H3,(H2,13,14). The number of hydrogen-bond acceptors (Lipinski definition) is 10. The molecule has 0 bridgehead atoms. The van der Waals surface area contributed by atoms with Crippen LogP contribution in [0.25, 0.3) is 0 Å². The van der Waals surface area contributed by atoms with Crippen LogP contribution in [0.1, 0.15) is 100 Å². The Labute approximate surface area is 275 Å². The van der Waals surface area contributed by atoms with E-state index in [1.54, 1.807) is 9.80 Å². The van der Waals surface area contributed by atoms with E-state index in [9.17, 15) is 14.7 Å². The molecule has 2 amide bonds. The molecule has 6 N–H and O–H groups in total. The molecular weight excluding hydrogens is 594 g/mol. The minimum atomic E-state index is -0.573. The molecule has 266 valence electrons. The normalized spacial score (nSPS) is 21.8. The molecule has 3 heterocycles. The lowest BCUT2D eigenvalue weighted by Crippen LogP contribution is -2.48. The lowest BCUT2D eigenvalue weighted by molar-refractivity contribution is 0.0109. The first-order chi connectivity index (χ1) is 21.3. The largest absolute Gasteiger partial charge is 0.444 e. The molecule has 0 radical (unpaired) electrons. The van der Waals surface area contributed by atoms with Crippen LogP contribution in [0.3, 0.4) is 0 Å². The van der Waals surface area contributed by atoms with Crippen LogP contribution in [0.4, 0.5) is 9.59 Å². The Balaban J connectivity index is 0.000000353. The molecule has 14 heteroatoms. The summed E-state index contributed by atoms with van der Waals surface area (Å²) in [5, 5.41) is 26.0. The number of carbonyl (C=O) groups is 2. The summed E-state index contributed by atoms with van der Waals surface area (Å²) in [7, 11) is 0. The van der Waals surface area contributed by atoms with Crippen LogP contribution in [0.15, 0.2) is 10.3 Å². The molecule has 0 spiro atoms. The zero-order chi connectivity index (χ0) is 34.8. The first-order valence-corrected chi connectivity index (χ1v) is 16.6. The highest BCUT2D eigenvalue weighted by Crippen LogP contribution is 2.33. The molecule has 46 heavy (non-hydrogen) atoms. The van der Waals surface area contributed by atoms with Gasteiger partial charge in [-0.3, -0.25) is 0 Å². The molecule has 3 aliphatic heterocycles. The highest BCUT2D eigenvalue weighted by molar-refractivity contribution is 5.86. The van der Waals surface area contributed by atoms with Gasteiger partial charge in [-0.05, 0) is 93.2 Å². The van der Waals surface area contributed by atoms with Crippen molar-refractivity contribution in [3.8, 4) is 0 Å². The first kappa shape index (κ1) is 39.2. The van der Waals surface area contributed by atoms with Crippen LogP contribution in [0.2, 0.25) is 0 Å². The number of nitrogens with two attached hydrogens (primary N) is 2. The second kappa shape index (κ2) is 16.7. The molecule has 3 fully saturated rings. The summed E-state index contributed by atoms with van der Waals surface area (Å²) < 4.78 is 10.7. The van der Waals surface area contributed by atoms with Crippen LogP contribution < -0.4 is 11.5 Å². The molecule has 3 aliphatic rings. The van der Waals surface area contributed by atoms with Gasteiger partial charge in [-0.2, -0.15) is 0 Å². The third kappa shape index (κ3) is 13.0. The number of piperidine rings is 3. The van der Waals surface area contributed by atoms with E-state index in [1.807, 2.05) is 55.4 Å². The van der Waals surface area contributed by atoms with Crippen LogP contribution in [-0.2, 0) is 14.3 Å². The van der Waals surface area contributed by atoms with E-state index in [0.29, 0.717) is 64.2 Å². The Morgan fingerprint density at radius 2 is 1.17 bits per heavy atom. The summed E-state index contributed by atoms with van der Waals surface area (Å²) in [5.41, 5.74) is 10.2. The van der Waals surface area contributed by atoms with Gasteiger partial charge in [0.1, 0.15) is 35.6 Å². The number of ether oxygens (including phenoxy) is 2. The fraction of sp³-hybridized carbons (Fsp3) is 0.875. The van der Waals surface area contributed by atoms with E-state index >= 15 is 0 Å². The van der Waals surface area contributed by atoms with Gasteiger partial charge in [0.15, 0.2) is 0 Å². The Morgan fingerprint density at radius 3 is 1.57 bits per heavy atom. The number of amidine groups is 2. The maximum atomic E-state index is 12.2. The van der Waals surface area contributed by atoms with E-state index < -0.39 is 17.3 Å². The van der Waals surface area contributed by atoms with Crippen molar-refractivity contribution in [2.75, 3.05) is 52.4 Å². The number of carbonyl (C=O) groups excluding carboxylic acids is 2. The Bertz CT molecular complexity index is 1030. The van der Waals surface area contributed by atoms with Gasteiger partial charge < -0.3 is 50.8 Å². The number of aliphatic hydroxyl groups is 1. The van der Waals surface area contributed by atoms with Crippen molar-refractivity contribution in [3.05, 3.63) is 0 Å². The molecule has 14 nitrogen and oxygen atoms in total. The van der Waals surface area contributed by atoms with Crippen molar-refractivity contribution >= 4 is 23.9 Å². The molecule has 0 aliphatic carbocycles. The monoisotopic (exact) mass is 655 g/mol. The van der Waals surface area contributed by atoms with E-state index in [2.05, 4.69) is 15.2 Å². The zero-order valence-electron chi connectivity index (χ0n) is 29.5. The topological polar surface area (TPSA) is 189 Å². The van der Waals surface area contributed by atoms with Crippen molar-refractivity contribution in [1.29, 1.82) is 0 Å². The van der Waals surface area contributed by atoms with E-state index in [1.165, 1.54) is 19.3 Å². The van der Waals surface area contributed by atoms with E-state index in [0.717, 1.165) is 13.1 Å². The lowest BCUT2D eigenvalue weighted by Gasteiger charge is -2.38. The summed E-state index contributed by atoms with van der Waals surface area (Å²) in [6.45, 7) is 20.2. The minimum Gasteiger partial charge on any atom is -0.444 e. The smallest absolute Gasteiger partial charge is 0.410 e. The summed E-state index contributed by atoms with van der Waals surface area (Å²) in [6, 6.07) is 0. The van der Waals surface area contributed by atoms with Gasteiger partial charge in [-0.25, -0.2) is 9.59 Å². The van der Waals surface area contributed by atoms with Gasteiger partial charge in [0.25, 0.3) is 0 Å². The van der Waals surface area contributed by atoms with E-state index in [-0.39, 0.29) is 35.5 Å². The first-order valence-electron chi connectivity index (χ1n) is 16.6. The molecule has 0 aromatic carbocycles. The average Bonchev–Trinajstić information content (AvgIpc) is 2.96. The number of aliphatic hydroxyl groups excluding tert-OH is 1. The van der Waals surface area contributed by atoms with Crippen molar-refractivity contribution in [2.45, 2.75) is 118 Å². The number of hydrogen-bond donors (Lipinski definition) is 4. The SMILES string of the molecule is CC(C)(C)OC(=O)N1CCC(C)(C(N)=NO)CC1.CC(C)(C)OC(=O)N1CCC(C)(C(N)=NOCC(O)CN2CCCCC2)CC1.